The first-order valence-corrected chi connectivity index (χ1v) is 13.3. The van der Waals surface area contributed by atoms with Crippen LogP contribution in [0.3, 0.4) is 0 Å². The van der Waals surface area contributed by atoms with Crippen LogP contribution in [0.4, 0.5) is 5.13 Å². The van der Waals surface area contributed by atoms with E-state index in [0.717, 1.165) is 32.9 Å². The summed E-state index contributed by atoms with van der Waals surface area (Å²) in [6.45, 7) is -0.311. The van der Waals surface area contributed by atoms with Gasteiger partial charge in [0.25, 0.3) is 11.8 Å². The third-order valence-corrected chi connectivity index (χ3v) is 7.86. The Bertz CT molecular complexity index is 1330. The molecule has 0 radical (unpaired) electrons. The number of nitrogens with two attached hydrogens (primary N) is 2. The Morgan fingerprint density at radius 1 is 1.32 bits per heavy atom. The van der Waals surface area contributed by atoms with Gasteiger partial charge in [-0.25, -0.2) is 9.48 Å². The summed E-state index contributed by atoms with van der Waals surface area (Å²) in [6, 6.07) is -1.05. The monoisotopic (exact) mass is 585 g/mol. The van der Waals surface area contributed by atoms with E-state index in [1.165, 1.54) is 11.8 Å². The number of amides is 2. The molecule has 2 aromatic heterocycles. The molecule has 4 rings (SSSR count). The van der Waals surface area contributed by atoms with Crippen molar-refractivity contribution in [3.63, 3.8) is 0 Å². The van der Waals surface area contributed by atoms with Crippen molar-refractivity contribution in [2.45, 2.75) is 23.1 Å². The molecular formula is C17H19N11O7S3. The average molecular weight is 586 g/mol. The fraction of sp³-hybridized carbons (Fsp3) is 0.412. The van der Waals surface area contributed by atoms with E-state index >= 15 is 0 Å². The summed E-state index contributed by atoms with van der Waals surface area (Å²) in [7, 11) is 0. The lowest BCUT2D eigenvalue weighted by Crippen LogP contribution is -2.71. The number of carbonyl (C=O) groups is 4. The fourth-order valence-electron chi connectivity index (χ4n) is 3.36. The number of carboxylic acids is 2. The van der Waals surface area contributed by atoms with E-state index in [4.69, 9.17) is 21.4 Å². The molecule has 1 fully saturated rings. The van der Waals surface area contributed by atoms with Gasteiger partial charge in [-0.05, 0) is 16.0 Å². The number of thioether (sulfide) groups is 2. The van der Waals surface area contributed by atoms with Crippen molar-refractivity contribution in [3.8, 4) is 0 Å². The number of fused-ring (bicyclic) bond motifs is 1. The molecule has 0 aromatic carbocycles. The maximum Gasteiger partial charge on any atom is 0.352 e. The highest BCUT2D eigenvalue weighted by Gasteiger charge is 2.54. The highest BCUT2D eigenvalue weighted by molar-refractivity contribution is 8.01. The maximum absolute atomic E-state index is 13.0. The molecule has 21 heteroatoms. The van der Waals surface area contributed by atoms with Crippen molar-refractivity contribution in [2.75, 3.05) is 30.4 Å². The van der Waals surface area contributed by atoms with E-state index in [-0.39, 0.29) is 52.2 Å². The van der Waals surface area contributed by atoms with Crippen LogP contribution in [0.1, 0.15) is 5.82 Å². The lowest BCUT2D eigenvalue weighted by molar-refractivity contribution is -0.150. The van der Waals surface area contributed by atoms with Gasteiger partial charge in [-0.15, -0.1) is 16.9 Å². The van der Waals surface area contributed by atoms with Crippen molar-refractivity contribution in [3.05, 3.63) is 17.1 Å². The number of oxime groups is 1. The molecule has 0 saturated carbocycles. The first kappa shape index (κ1) is 27.2. The Labute approximate surface area is 225 Å². The molecule has 2 atom stereocenters. The third-order valence-electron chi connectivity index (χ3n) is 4.93. The number of anilines is 1. The van der Waals surface area contributed by atoms with Gasteiger partial charge < -0.3 is 31.8 Å². The molecule has 7 N–H and O–H groups in total. The SMILES string of the molecule is NCCON=C(C(=O)NC1C(=O)N2C(C(=O)O)=C(CSc3nnnn3CC(=O)O)CS[C@@H]12)c1nsc(N)n1. The summed E-state index contributed by atoms with van der Waals surface area (Å²) in [4.78, 5) is 59.0. The number of nitrogens with one attached hydrogen (secondary N) is 1. The zero-order chi connectivity index (χ0) is 27.4. The minimum Gasteiger partial charge on any atom is -0.480 e. The molecule has 0 aliphatic carbocycles. The van der Waals surface area contributed by atoms with Crippen molar-refractivity contribution in [1.82, 2.24) is 39.8 Å². The van der Waals surface area contributed by atoms with E-state index in [1.807, 2.05) is 0 Å². The Balaban J connectivity index is 1.48. The molecule has 2 aliphatic rings. The smallest absolute Gasteiger partial charge is 0.352 e. The van der Waals surface area contributed by atoms with Gasteiger partial charge in [0, 0.05) is 29.6 Å². The highest BCUT2D eigenvalue weighted by atomic mass is 32.2. The van der Waals surface area contributed by atoms with Gasteiger partial charge in [-0.3, -0.25) is 19.3 Å². The molecule has 202 valence electrons. The van der Waals surface area contributed by atoms with Crippen LogP contribution >= 0.6 is 35.1 Å². The van der Waals surface area contributed by atoms with Crippen molar-refractivity contribution in [1.29, 1.82) is 0 Å². The normalized spacial score (nSPS) is 19.1. The second-order valence-corrected chi connectivity index (χ2v) is 10.3. The predicted octanol–water partition coefficient (Wildman–Crippen LogP) is -2.60. The van der Waals surface area contributed by atoms with Crippen LogP contribution in [-0.2, 0) is 30.6 Å². The largest absolute Gasteiger partial charge is 0.480 e. The standard InChI is InChI=1S/C17H19N11O7S3/c18-1-2-35-23-8(11-21-16(19)38-24-11)12(31)20-9-13(32)28-10(15(33)34)6(4-36-14(9)28)5-37-17-22-25-26-27(17)3-7(29)30/h9,14H,1-5,18H2,(H,20,31)(H,29,30)(H,33,34)(H2,19,21,24)/t9?,14-/m0/s1. The highest BCUT2D eigenvalue weighted by Crippen LogP contribution is 2.41. The summed E-state index contributed by atoms with van der Waals surface area (Å²) >= 11 is 3.12. The number of hydrogen-bond donors (Lipinski definition) is 5. The summed E-state index contributed by atoms with van der Waals surface area (Å²) in [5, 5.41) is 35.4. The maximum atomic E-state index is 13.0. The summed E-state index contributed by atoms with van der Waals surface area (Å²) in [5.74, 6) is -3.71. The molecule has 2 amide bonds. The van der Waals surface area contributed by atoms with Crippen LogP contribution in [0, 0.1) is 0 Å². The molecule has 4 heterocycles. The Hall–Kier alpha value is -3.82. The number of hydrogen-bond acceptors (Lipinski definition) is 16. The van der Waals surface area contributed by atoms with Crippen molar-refractivity contribution < 1.29 is 34.2 Å². The molecular weight excluding hydrogens is 566 g/mol. The Morgan fingerprint density at radius 2 is 2.11 bits per heavy atom. The van der Waals surface area contributed by atoms with E-state index < -0.39 is 41.7 Å². The van der Waals surface area contributed by atoms with Crippen LogP contribution in [0.5, 0.6) is 0 Å². The second-order valence-electron chi connectivity index (χ2n) is 7.44. The Morgan fingerprint density at radius 3 is 2.76 bits per heavy atom. The number of carbonyl (C=O) groups excluding carboxylic acids is 2. The Kier molecular flexibility index (Phi) is 8.38. The predicted molar refractivity (Wildman–Crippen MR) is 132 cm³/mol. The topological polar surface area (TPSA) is 267 Å². The average Bonchev–Trinajstić information content (AvgIpc) is 3.50. The number of carboxylic acid groups (broad SMARTS) is 2. The van der Waals surface area contributed by atoms with Crippen LogP contribution in [-0.4, -0.2) is 110 Å². The van der Waals surface area contributed by atoms with Crippen molar-refractivity contribution >= 4 is 69.7 Å². The van der Waals surface area contributed by atoms with Crippen LogP contribution in [0.25, 0.3) is 0 Å². The molecule has 0 bridgehead atoms. The number of aliphatic carboxylic acids is 2. The quantitative estimate of drug-likeness (QED) is 0.0561. The van der Waals surface area contributed by atoms with E-state index in [1.54, 1.807) is 0 Å². The number of nitrogens with zero attached hydrogens (tertiary/aromatic N) is 8. The number of tetrazole rings is 1. The summed E-state index contributed by atoms with van der Waals surface area (Å²) in [5.41, 5.74) is 10.8. The van der Waals surface area contributed by atoms with Crippen LogP contribution in [0.15, 0.2) is 21.6 Å². The first-order valence-electron chi connectivity index (χ1n) is 10.5. The molecule has 2 aliphatic heterocycles. The van der Waals surface area contributed by atoms with E-state index in [0.29, 0.717) is 5.57 Å². The zero-order valence-electron chi connectivity index (χ0n) is 19.1. The molecule has 1 saturated heterocycles. The molecule has 38 heavy (non-hydrogen) atoms. The van der Waals surface area contributed by atoms with Gasteiger partial charge in [0.2, 0.25) is 16.7 Å². The van der Waals surface area contributed by atoms with Gasteiger partial charge in [0.1, 0.15) is 30.3 Å². The van der Waals surface area contributed by atoms with Crippen molar-refractivity contribution in [2.24, 2.45) is 10.9 Å². The number of β-lactam (4-membered cyclic amide) rings is 1. The lowest BCUT2D eigenvalue weighted by atomic mass is 10.0. The molecule has 18 nitrogen and oxygen atoms in total. The first-order chi connectivity index (χ1) is 18.2. The van der Waals surface area contributed by atoms with Gasteiger partial charge in [-0.2, -0.15) is 9.36 Å². The summed E-state index contributed by atoms with van der Waals surface area (Å²) < 4.78 is 5.01. The fourth-order valence-corrected chi connectivity index (χ4v) is 6.16. The lowest BCUT2D eigenvalue weighted by Gasteiger charge is -2.49. The van der Waals surface area contributed by atoms with Gasteiger partial charge in [-0.1, -0.05) is 16.9 Å². The van der Waals surface area contributed by atoms with Crippen LogP contribution < -0.4 is 16.8 Å². The van der Waals surface area contributed by atoms with Gasteiger partial charge in [0.05, 0.1) is 0 Å². The second kappa shape index (κ2) is 11.7. The minimum absolute atomic E-state index is 0.0151. The van der Waals surface area contributed by atoms with E-state index in [9.17, 15) is 24.3 Å². The van der Waals surface area contributed by atoms with E-state index in [2.05, 4.69) is 35.4 Å². The number of aromatic nitrogens is 6. The minimum atomic E-state index is -1.33. The van der Waals surface area contributed by atoms with Gasteiger partial charge in [0.15, 0.2) is 5.13 Å². The van der Waals surface area contributed by atoms with Crippen LogP contribution in [0.2, 0.25) is 0 Å². The van der Waals surface area contributed by atoms with Gasteiger partial charge >= 0.3 is 11.9 Å². The third kappa shape index (κ3) is 5.69. The number of rotatable bonds is 12. The summed E-state index contributed by atoms with van der Waals surface area (Å²) in [6.07, 6.45) is 0. The molecule has 0 spiro atoms. The molecule has 1 unspecified atom stereocenters. The molecule has 2 aromatic rings. The number of nitrogen functional groups attached to an aromatic ring is 1. The zero-order valence-corrected chi connectivity index (χ0v) is 21.5.